The predicted octanol–water partition coefficient (Wildman–Crippen LogP) is 2.61. The quantitative estimate of drug-likeness (QED) is 0.840. The van der Waals surface area contributed by atoms with Gasteiger partial charge in [0.25, 0.3) is 5.91 Å². The summed E-state index contributed by atoms with van der Waals surface area (Å²) in [6, 6.07) is 12.7. The molecule has 5 nitrogen and oxygen atoms in total. The van der Waals surface area contributed by atoms with Crippen molar-refractivity contribution in [3.8, 4) is 5.75 Å². The van der Waals surface area contributed by atoms with Gasteiger partial charge in [-0.05, 0) is 42.8 Å². The fourth-order valence-electron chi connectivity index (χ4n) is 2.30. The van der Waals surface area contributed by atoms with E-state index >= 15 is 0 Å². The second-order valence-electron chi connectivity index (χ2n) is 5.45. The molecule has 1 N–H and O–H groups in total. The normalized spacial score (nSPS) is 10.2. The lowest BCUT2D eigenvalue weighted by molar-refractivity contribution is -0.121. The van der Waals surface area contributed by atoms with Gasteiger partial charge < -0.3 is 15.0 Å². The maximum absolute atomic E-state index is 12.9. The molecule has 0 aliphatic heterocycles. The molecule has 2 rings (SSSR count). The molecule has 132 valence electrons. The van der Waals surface area contributed by atoms with Crippen molar-refractivity contribution in [1.82, 2.24) is 10.2 Å². The van der Waals surface area contributed by atoms with Crippen molar-refractivity contribution < 1.29 is 18.7 Å². The predicted molar refractivity (Wildman–Crippen MR) is 92.8 cm³/mol. The van der Waals surface area contributed by atoms with Crippen LogP contribution in [0.3, 0.4) is 0 Å². The lowest BCUT2D eigenvalue weighted by Gasteiger charge is -2.20. The van der Waals surface area contributed by atoms with Gasteiger partial charge in [-0.3, -0.25) is 9.59 Å². The molecule has 0 atom stereocenters. The number of rotatable bonds is 7. The fraction of sp³-hybridized carbons (Fsp3) is 0.263. The van der Waals surface area contributed by atoms with Gasteiger partial charge in [0.15, 0.2) is 0 Å². The summed E-state index contributed by atoms with van der Waals surface area (Å²) < 4.78 is 18.0. The Hall–Kier alpha value is -2.89. The minimum Gasteiger partial charge on any atom is -0.497 e. The number of nitrogens with one attached hydrogen (secondary N) is 1. The van der Waals surface area contributed by atoms with Gasteiger partial charge in [0.2, 0.25) is 5.91 Å². The molecule has 0 saturated heterocycles. The average molecular weight is 344 g/mol. The molecule has 2 aromatic rings. The highest BCUT2D eigenvalue weighted by Crippen LogP contribution is 2.14. The van der Waals surface area contributed by atoms with Crippen LogP contribution in [0.2, 0.25) is 0 Å². The number of amides is 2. The van der Waals surface area contributed by atoms with Crippen LogP contribution in [0.15, 0.2) is 48.5 Å². The Balaban J connectivity index is 1.94. The maximum atomic E-state index is 12.9. The van der Waals surface area contributed by atoms with E-state index in [0.29, 0.717) is 17.9 Å². The highest BCUT2D eigenvalue weighted by molar-refractivity contribution is 5.96. The number of halogens is 1. The number of nitrogens with zero attached hydrogens (tertiary/aromatic N) is 1. The number of hydrogen-bond acceptors (Lipinski definition) is 3. The van der Waals surface area contributed by atoms with Crippen LogP contribution in [-0.2, 0) is 11.3 Å². The molecule has 0 unspecified atom stereocenters. The summed E-state index contributed by atoms with van der Waals surface area (Å²) in [5.74, 6) is -0.250. The highest BCUT2D eigenvalue weighted by atomic mass is 19.1. The number of ether oxygens (including phenoxy) is 1. The molecule has 0 fully saturated rings. The summed E-state index contributed by atoms with van der Waals surface area (Å²) >= 11 is 0. The van der Waals surface area contributed by atoms with Crippen molar-refractivity contribution in [3.63, 3.8) is 0 Å². The Morgan fingerprint density at radius 3 is 2.52 bits per heavy atom. The van der Waals surface area contributed by atoms with Crippen LogP contribution >= 0.6 is 0 Å². The molecule has 2 aromatic carbocycles. The minimum absolute atomic E-state index is 0.0479. The highest BCUT2D eigenvalue weighted by Gasteiger charge is 2.17. The molecular weight excluding hydrogens is 323 g/mol. The minimum atomic E-state index is -0.323. The smallest absolute Gasteiger partial charge is 0.254 e. The summed E-state index contributed by atoms with van der Waals surface area (Å²) in [4.78, 5) is 26.1. The van der Waals surface area contributed by atoms with E-state index in [0.717, 1.165) is 5.56 Å². The Bertz CT molecular complexity index is 732. The van der Waals surface area contributed by atoms with E-state index in [1.165, 1.54) is 24.1 Å². The second kappa shape index (κ2) is 8.82. The number of hydrogen-bond donors (Lipinski definition) is 1. The number of carbonyl (C=O) groups is 2. The molecule has 0 aliphatic rings. The van der Waals surface area contributed by atoms with Crippen LogP contribution in [0.5, 0.6) is 5.75 Å². The van der Waals surface area contributed by atoms with Crippen molar-refractivity contribution in [2.24, 2.45) is 0 Å². The maximum Gasteiger partial charge on any atom is 0.254 e. The molecule has 6 heteroatoms. The van der Waals surface area contributed by atoms with E-state index in [9.17, 15) is 14.0 Å². The number of benzene rings is 2. The molecule has 25 heavy (non-hydrogen) atoms. The van der Waals surface area contributed by atoms with Crippen molar-refractivity contribution in [3.05, 3.63) is 65.5 Å². The van der Waals surface area contributed by atoms with Gasteiger partial charge >= 0.3 is 0 Å². The fourth-order valence-corrected chi connectivity index (χ4v) is 2.30. The number of likely N-dealkylation sites (N-methyl/N-ethyl adjacent to an activating group) is 1. The lowest BCUT2D eigenvalue weighted by Crippen LogP contribution is -2.40. The molecule has 0 saturated carbocycles. The number of carbonyl (C=O) groups excluding carboxylic acids is 2. The van der Waals surface area contributed by atoms with Crippen LogP contribution < -0.4 is 10.1 Å². The first-order valence-electron chi connectivity index (χ1n) is 7.98. The van der Waals surface area contributed by atoms with Crippen LogP contribution in [0.4, 0.5) is 4.39 Å². The van der Waals surface area contributed by atoms with Gasteiger partial charge in [0.05, 0.1) is 13.7 Å². The van der Waals surface area contributed by atoms with E-state index < -0.39 is 0 Å². The van der Waals surface area contributed by atoms with E-state index in [1.807, 2.05) is 6.92 Å². The molecule has 0 aromatic heterocycles. The van der Waals surface area contributed by atoms with Gasteiger partial charge in [-0.25, -0.2) is 4.39 Å². The standard InChI is InChI=1S/C19H21FN2O3/c1-3-22(19(24)15-5-4-6-17(11-15)25-2)13-18(23)21-12-14-7-9-16(20)10-8-14/h4-11H,3,12-13H2,1-2H3,(H,21,23). The summed E-state index contributed by atoms with van der Waals surface area (Å²) in [5.41, 5.74) is 1.25. The summed E-state index contributed by atoms with van der Waals surface area (Å²) in [5, 5.41) is 2.73. The monoisotopic (exact) mass is 344 g/mol. The first kappa shape index (κ1) is 18.4. The van der Waals surface area contributed by atoms with Crippen LogP contribution in [0.1, 0.15) is 22.8 Å². The zero-order valence-corrected chi connectivity index (χ0v) is 14.3. The zero-order valence-electron chi connectivity index (χ0n) is 14.3. The summed E-state index contributed by atoms with van der Waals surface area (Å²) in [6.07, 6.45) is 0. The van der Waals surface area contributed by atoms with Gasteiger partial charge in [-0.15, -0.1) is 0 Å². The molecular formula is C19H21FN2O3. The first-order valence-corrected chi connectivity index (χ1v) is 7.98. The van der Waals surface area contributed by atoms with E-state index in [1.54, 1.807) is 36.4 Å². The van der Waals surface area contributed by atoms with Gasteiger partial charge in [-0.2, -0.15) is 0 Å². The molecule has 0 bridgehead atoms. The van der Waals surface area contributed by atoms with Crippen molar-refractivity contribution in [2.45, 2.75) is 13.5 Å². The third kappa shape index (κ3) is 5.31. The van der Waals surface area contributed by atoms with Gasteiger partial charge in [0.1, 0.15) is 11.6 Å². The van der Waals surface area contributed by atoms with Gasteiger partial charge in [0, 0.05) is 18.7 Å². The van der Waals surface area contributed by atoms with Crippen LogP contribution in [0.25, 0.3) is 0 Å². The van der Waals surface area contributed by atoms with E-state index in [4.69, 9.17) is 4.74 Å². The van der Waals surface area contributed by atoms with Crippen molar-refractivity contribution in [1.29, 1.82) is 0 Å². The Morgan fingerprint density at radius 2 is 1.88 bits per heavy atom. The molecule has 0 heterocycles. The third-order valence-electron chi connectivity index (χ3n) is 3.72. The molecule has 2 amide bonds. The largest absolute Gasteiger partial charge is 0.497 e. The molecule has 0 radical (unpaired) electrons. The summed E-state index contributed by atoms with van der Waals surface area (Å²) in [7, 11) is 1.53. The topological polar surface area (TPSA) is 58.6 Å². The van der Waals surface area contributed by atoms with E-state index in [2.05, 4.69) is 5.32 Å². The first-order chi connectivity index (χ1) is 12.0. The van der Waals surface area contributed by atoms with Gasteiger partial charge in [-0.1, -0.05) is 18.2 Å². The molecule has 0 spiro atoms. The number of methoxy groups -OCH3 is 1. The summed E-state index contributed by atoms with van der Waals surface area (Å²) in [6.45, 7) is 2.45. The van der Waals surface area contributed by atoms with Crippen molar-refractivity contribution >= 4 is 11.8 Å². The second-order valence-corrected chi connectivity index (χ2v) is 5.45. The SMILES string of the molecule is CCN(CC(=O)NCc1ccc(F)cc1)C(=O)c1cccc(OC)c1. The average Bonchev–Trinajstić information content (AvgIpc) is 2.65. The van der Waals surface area contributed by atoms with E-state index in [-0.39, 0.29) is 30.7 Å². The Labute approximate surface area is 146 Å². The Morgan fingerprint density at radius 1 is 1.16 bits per heavy atom. The lowest BCUT2D eigenvalue weighted by atomic mass is 10.2. The zero-order chi connectivity index (χ0) is 18.2. The molecule has 0 aliphatic carbocycles. The Kier molecular flexibility index (Phi) is 6.51. The van der Waals surface area contributed by atoms with Crippen LogP contribution in [-0.4, -0.2) is 36.9 Å². The third-order valence-corrected chi connectivity index (χ3v) is 3.72. The van der Waals surface area contributed by atoms with Crippen molar-refractivity contribution in [2.75, 3.05) is 20.2 Å². The van der Waals surface area contributed by atoms with Crippen LogP contribution in [0, 0.1) is 5.82 Å².